The molecule has 2 aromatic heterocycles. The summed E-state index contributed by atoms with van der Waals surface area (Å²) in [5, 5.41) is 12.2. The van der Waals surface area contributed by atoms with Gasteiger partial charge in [-0.05, 0) is 68.5 Å². The average molecular weight is 980 g/mol. The number of phenolic OH excluding ortho intramolecular Hbond substituents is 1. The minimum atomic E-state index is -0.337. The maximum absolute atomic E-state index is 12.2. The third-order valence-corrected chi connectivity index (χ3v) is 12.8. The number of hydrogen-bond donors (Lipinski definition) is 1. The summed E-state index contributed by atoms with van der Waals surface area (Å²) in [6.07, 6.45) is 2.08. The molecule has 2 heterocycles. The van der Waals surface area contributed by atoms with Crippen LogP contribution in [0.1, 0.15) is 103 Å². The van der Waals surface area contributed by atoms with Crippen molar-refractivity contribution in [1.29, 1.82) is 0 Å². The third kappa shape index (κ3) is 7.17. The van der Waals surface area contributed by atoms with E-state index in [0.717, 1.165) is 55.8 Å². The van der Waals surface area contributed by atoms with Crippen molar-refractivity contribution in [2.24, 2.45) is 0 Å². The summed E-state index contributed by atoms with van der Waals surface area (Å²) in [5.74, 6) is 0.956. The van der Waals surface area contributed by atoms with Crippen LogP contribution in [-0.4, -0.2) is 19.6 Å². The molecule has 0 saturated carbocycles. The number of aromatic nitrogens is 3. The van der Waals surface area contributed by atoms with E-state index < -0.39 is 0 Å². The molecule has 0 bridgehead atoms. The largest absolute Gasteiger partial charge is 0.507 e. The van der Waals surface area contributed by atoms with Crippen molar-refractivity contribution < 1.29 is 26.2 Å². The van der Waals surface area contributed by atoms with Crippen molar-refractivity contribution in [2.75, 3.05) is 0 Å². The van der Waals surface area contributed by atoms with Crippen LogP contribution in [0.2, 0.25) is 0 Å². The molecule has 4 nitrogen and oxygen atoms in total. The van der Waals surface area contributed by atoms with Crippen LogP contribution in [0.25, 0.3) is 61.6 Å². The molecule has 6 aromatic carbocycles. The van der Waals surface area contributed by atoms with Crippen LogP contribution < -0.4 is 0 Å². The molecule has 310 valence electrons. The molecule has 0 spiro atoms. The molecule has 0 aliphatic heterocycles. The van der Waals surface area contributed by atoms with E-state index in [1.165, 1.54) is 27.8 Å². The van der Waals surface area contributed by atoms with Crippen LogP contribution >= 0.6 is 0 Å². The molecule has 0 atom stereocenters. The third-order valence-electron chi connectivity index (χ3n) is 12.8. The van der Waals surface area contributed by atoms with Gasteiger partial charge in [-0.1, -0.05) is 177 Å². The molecule has 1 N–H and O–H groups in total. The van der Waals surface area contributed by atoms with Crippen molar-refractivity contribution in [1.82, 2.24) is 14.5 Å². The first-order valence-corrected chi connectivity index (χ1v) is 21.1. The molecule has 1 aliphatic rings. The van der Waals surface area contributed by atoms with Crippen molar-refractivity contribution in [3.8, 4) is 56.3 Å². The molecule has 9 rings (SSSR count). The van der Waals surface area contributed by atoms with Crippen molar-refractivity contribution >= 4 is 11.0 Å². The fourth-order valence-corrected chi connectivity index (χ4v) is 9.11. The zero-order chi connectivity index (χ0) is 42.4. The van der Waals surface area contributed by atoms with Gasteiger partial charge in [0.15, 0.2) is 0 Å². The minimum Gasteiger partial charge on any atom is -0.507 e. The first kappa shape index (κ1) is 42.1. The number of aromatic hydroxyl groups is 1. The Morgan fingerprint density at radius 3 is 1.90 bits per heavy atom. The van der Waals surface area contributed by atoms with Crippen LogP contribution in [-0.2, 0) is 42.7 Å². The number of hydrogen-bond acceptors (Lipinski definition) is 3. The standard InChI is InChI=1S/C56H54N3O.Pt/c1-53(2,3)38-31-44(51(60)46(32-38)54(4,5)6)52-58-50-41(25-19-27-49(50)59(52)40-22-15-12-16-23-40)35-28-36(30-39(29-35)55(7,8)37-20-13-11-14-21-37)48-33-43-42-24-17-18-26-45(42)56(9,10)47(43)34-57-48;/h11-27,29-34,60H,1-10H3;/q-1;. The number of benzene rings is 6. The first-order chi connectivity index (χ1) is 28.4. The van der Waals surface area contributed by atoms with E-state index in [4.69, 9.17) is 9.97 Å². The number of rotatable bonds is 6. The molecule has 5 heteroatoms. The Labute approximate surface area is 376 Å². The molecular formula is C56H54N3OPt-. The van der Waals surface area contributed by atoms with Crippen molar-refractivity contribution in [3.63, 3.8) is 0 Å². The Balaban J connectivity index is 0.00000514. The van der Waals surface area contributed by atoms with Gasteiger partial charge in [-0.15, -0.1) is 29.3 Å². The van der Waals surface area contributed by atoms with Crippen LogP contribution in [0, 0.1) is 6.07 Å². The number of para-hydroxylation sites is 2. The Morgan fingerprint density at radius 2 is 1.21 bits per heavy atom. The molecule has 0 radical (unpaired) electrons. The van der Waals surface area contributed by atoms with E-state index in [1.807, 2.05) is 6.07 Å². The van der Waals surface area contributed by atoms with Gasteiger partial charge in [0.05, 0.1) is 16.6 Å². The summed E-state index contributed by atoms with van der Waals surface area (Å²) >= 11 is 0. The maximum atomic E-state index is 12.2. The topological polar surface area (TPSA) is 50.9 Å². The van der Waals surface area contributed by atoms with Gasteiger partial charge in [0.1, 0.15) is 11.6 Å². The van der Waals surface area contributed by atoms with Crippen LogP contribution in [0.3, 0.4) is 0 Å². The van der Waals surface area contributed by atoms with Gasteiger partial charge in [0, 0.05) is 55.0 Å². The van der Waals surface area contributed by atoms with Crippen molar-refractivity contribution in [2.45, 2.75) is 90.9 Å². The molecule has 0 unspecified atom stereocenters. The second-order valence-corrected chi connectivity index (χ2v) is 19.7. The summed E-state index contributed by atoms with van der Waals surface area (Å²) in [5.41, 5.74) is 15.8. The molecule has 8 aromatic rings. The van der Waals surface area contributed by atoms with Gasteiger partial charge in [0.2, 0.25) is 0 Å². The number of phenols is 1. The molecule has 0 amide bonds. The van der Waals surface area contributed by atoms with Gasteiger partial charge < -0.3 is 5.11 Å². The maximum Gasteiger partial charge on any atom is 0.148 e. The fourth-order valence-electron chi connectivity index (χ4n) is 9.11. The summed E-state index contributed by atoms with van der Waals surface area (Å²) < 4.78 is 2.20. The summed E-state index contributed by atoms with van der Waals surface area (Å²) in [4.78, 5) is 10.7. The van der Waals surface area contributed by atoms with Crippen molar-refractivity contribution in [3.05, 3.63) is 179 Å². The van der Waals surface area contributed by atoms with Crippen LogP contribution in [0.15, 0.2) is 140 Å². The van der Waals surface area contributed by atoms with Gasteiger partial charge in [-0.2, -0.15) is 0 Å². The van der Waals surface area contributed by atoms with Gasteiger partial charge in [0.25, 0.3) is 0 Å². The Kier molecular flexibility index (Phi) is 10.4. The Bertz CT molecular complexity index is 2940. The zero-order valence-corrected chi connectivity index (χ0v) is 39.2. The number of nitrogens with zero attached hydrogens (tertiary/aromatic N) is 3. The second-order valence-electron chi connectivity index (χ2n) is 19.7. The minimum absolute atomic E-state index is 0. The number of imidazole rings is 1. The van der Waals surface area contributed by atoms with Gasteiger partial charge in [-0.25, -0.2) is 4.98 Å². The van der Waals surface area contributed by atoms with Crippen LogP contribution in [0.4, 0.5) is 0 Å². The number of pyridine rings is 1. The fraction of sp³-hybridized carbons (Fsp3) is 0.250. The summed E-state index contributed by atoms with van der Waals surface area (Å²) in [6.45, 7) is 22.3. The molecule has 0 saturated heterocycles. The van der Waals surface area contributed by atoms with Crippen LogP contribution in [0.5, 0.6) is 5.75 Å². The first-order valence-electron chi connectivity index (χ1n) is 21.1. The number of fused-ring (bicyclic) bond motifs is 4. The van der Waals surface area contributed by atoms with E-state index in [1.54, 1.807) is 0 Å². The second kappa shape index (κ2) is 15.1. The van der Waals surface area contributed by atoms with E-state index in [0.29, 0.717) is 11.4 Å². The predicted octanol–water partition coefficient (Wildman–Crippen LogP) is 14.2. The Hall–Kier alpha value is -5.57. The quantitative estimate of drug-likeness (QED) is 0.169. The van der Waals surface area contributed by atoms with Gasteiger partial charge in [-0.3, -0.25) is 9.55 Å². The Morgan fingerprint density at radius 1 is 0.574 bits per heavy atom. The summed E-state index contributed by atoms with van der Waals surface area (Å²) in [7, 11) is 0. The monoisotopic (exact) mass is 979 g/mol. The van der Waals surface area contributed by atoms with E-state index in [-0.39, 0.29) is 48.5 Å². The zero-order valence-electron chi connectivity index (χ0n) is 36.9. The SMILES string of the molecule is CC(C)(C)c1cc(-c2nc3c(-c4[c-]c(-c5cc6c(cn5)C(C)(C)c5ccccc5-6)cc(C(C)(C)c5ccccc5)c4)cccc3n2-c2ccccc2)c(O)c(C(C)(C)C)c1.[Pt]. The normalized spacial score (nSPS) is 13.5. The van der Waals surface area contributed by atoms with E-state index in [2.05, 4.69) is 213 Å². The average Bonchev–Trinajstić information content (AvgIpc) is 3.73. The summed E-state index contributed by atoms with van der Waals surface area (Å²) in [6, 6.07) is 51.2. The predicted molar refractivity (Wildman–Crippen MR) is 249 cm³/mol. The molecule has 1 aliphatic carbocycles. The molecule has 61 heavy (non-hydrogen) atoms. The van der Waals surface area contributed by atoms with Gasteiger partial charge >= 0.3 is 0 Å². The molecular weight excluding hydrogens is 926 g/mol. The van der Waals surface area contributed by atoms with E-state index >= 15 is 0 Å². The van der Waals surface area contributed by atoms with E-state index in [9.17, 15) is 5.11 Å². The smallest absolute Gasteiger partial charge is 0.148 e. The molecule has 0 fully saturated rings.